The molecular weight excluding hydrogens is 507 g/mol. The van der Waals surface area contributed by atoms with E-state index in [1.54, 1.807) is 42.5 Å². The number of nitrogens with one attached hydrogen (secondary N) is 1. The highest BCUT2D eigenvalue weighted by atomic mass is 35.5. The average Bonchev–Trinajstić information content (AvgIpc) is 2.76. The second-order valence-corrected chi connectivity index (χ2v) is 9.61. The molecule has 10 heteroatoms. The van der Waals surface area contributed by atoms with Gasteiger partial charge in [0.05, 0.1) is 5.02 Å². The van der Waals surface area contributed by atoms with E-state index in [2.05, 4.69) is 5.32 Å². The predicted octanol–water partition coefficient (Wildman–Crippen LogP) is 6.27. The van der Waals surface area contributed by atoms with E-state index in [-0.39, 0.29) is 31.8 Å². The molecule has 3 rings (SSSR count). The third kappa shape index (κ3) is 6.28. The Morgan fingerprint density at radius 2 is 1.64 bits per heavy atom. The smallest absolute Gasteiger partial charge is 0.339 e. The lowest BCUT2D eigenvalue weighted by molar-refractivity contribution is -0.112. The van der Waals surface area contributed by atoms with Gasteiger partial charge in [-0.25, -0.2) is 0 Å². The van der Waals surface area contributed by atoms with Crippen molar-refractivity contribution in [1.29, 1.82) is 5.26 Å². The summed E-state index contributed by atoms with van der Waals surface area (Å²) >= 11 is 18.1. The summed E-state index contributed by atoms with van der Waals surface area (Å²) in [6.07, 6.45) is 1.14. The van der Waals surface area contributed by atoms with Crippen molar-refractivity contribution in [3.05, 3.63) is 92.4 Å². The Hall–Kier alpha value is -3.02. The van der Waals surface area contributed by atoms with E-state index in [9.17, 15) is 18.5 Å². The zero-order chi connectivity index (χ0) is 24.2. The monoisotopic (exact) mass is 520 g/mol. The van der Waals surface area contributed by atoms with Gasteiger partial charge in [-0.1, -0.05) is 52.5 Å². The molecule has 0 aliphatic rings. The van der Waals surface area contributed by atoms with Crippen LogP contribution >= 0.6 is 34.8 Å². The number of nitriles is 1. The molecule has 0 atom stereocenters. The second kappa shape index (κ2) is 10.3. The standard InChI is InChI=1S/C23H15Cl3N2O4S/c1-14-2-8-20(9-3-14)33(30,31)32-22-15(11-18(25)12-21(22)26)10-16(13-27)23(29)28-19-6-4-17(24)5-7-19/h2-12H,1H3,(H,28,29)/b16-10+. The van der Waals surface area contributed by atoms with Gasteiger partial charge in [-0.2, -0.15) is 13.7 Å². The molecule has 0 aliphatic heterocycles. The van der Waals surface area contributed by atoms with Crippen LogP contribution in [-0.2, 0) is 14.9 Å². The van der Waals surface area contributed by atoms with Gasteiger partial charge >= 0.3 is 10.1 Å². The van der Waals surface area contributed by atoms with Crippen molar-refractivity contribution in [2.24, 2.45) is 0 Å². The van der Waals surface area contributed by atoms with Crippen LogP contribution in [0.2, 0.25) is 15.1 Å². The number of carbonyl (C=O) groups excluding carboxylic acids is 1. The third-order valence-corrected chi connectivity index (χ3v) is 6.29. The maximum atomic E-state index is 12.8. The van der Waals surface area contributed by atoms with Gasteiger partial charge < -0.3 is 9.50 Å². The Balaban J connectivity index is 1.99. The summed E-state index contributed by atoms with van der Waals surface area (Å²) < 4.78 is 30.8. The molecule has 1 amide bonds. The molecule has 0 saturated heterocycles. The number of anilines is 1. The molecule has 0 aromatic heterocycles. The van der Waals surface area contributed by atoms with Crippen molar-refractivity contribution in [2.75, 3.05) is 5.32 Å². The van der Waals surface area contributed by atoms with Crippen LogP contribution in [0.15, 0.2) is 71.1 Å². The van der Waals surface area contributed by atoms with Crippen molar-refractivity contribution in [3.8, 4) is 11.8 Å². The van der Waals surface area contributed by atoms with E-state index in [1.165, 1.54) is 24.3 Å². The number of hydrogen-bond acceptors (Lipinski definition) is 5. The molecule has 168 valence electrons. The molecule has 0 saturated carbocycles. The Labute approximate surface area is 206 Å². The molecule has 0 unspecified atom stereocenters. The molecule has 0 radical (unpaired) electrons. The fourth-order valence-corrected chi connectivity index (χ4v) is 4.36. The Morgan fingerprint density at radius 3 is 2.24 bits per heavy atom. The molecule has 3 aromatic carbocycles. The molecular formula is C23H15Cl3N2O4S. The zero-order valence-corrected chi connectivity index (χ0v) is 20.1. The van der Waals surface area contributed by atoms with E-state index in [0.29, 0.717) is 10.7 Å². The average molecular weight is 522 g/mol. The van der Waals surface area contributed by atoms with Gasteiger partial charge in [0.25, 0.3) is 5.91 Å². The SMILES string of the molecule is Cc1ccc(S(=O)(=O)Oc2c(Cl)cc(Cl)cc2/C=C(\C#N)C(=O)Nc2ccc(Cl)cc2)cc1. The normalized spacial score (nSPS) is 11.5. The van der Waals surface area contributed by atoms with Crippen molar-refractivity contribution in [1.82, 2.24) is 0 Å². The van der Waals surface area contributed by atoms with Crippen molar-refractivity contribution < 1.29 is 17.4 Å². The summed E-state index contributed by atoms with van der Waals surface area (Å²) in [5.74, 6) is -1.00. The molecule has 33 heavy (non-hydrogen) atoms. The van der Waals surface area contributed by atoms with Crippen molar-refractivity contribution >= 4 is 62.6 Å². The van der Waals surface area contributed by atoms with Gasteiger partial charge in [0.2, 0.25) is 0 Å². The number of carbonyl (C=O) groups is 1. The van der Waals surface area contributed by atoms with Crippen LogP contribution in [0.3, 0.4) is 0 Å². The molecule has 3 aromatic rings. The molecule has 1 N–H and O–H groups in total. The summed E-state index contributed by atoms with van der Waals surface area (Å²) in [4.78, 5) is 12.5. The highest BCUT2D eigenvalue weighted by Gasteiger charge is 2.22. The predicted molar refractivity (Wildman–Crippen MR) is 129 cm³/mol. The number of benzene rings is 3. The number of aryl methyl sites for hydroxylation is 1. The lowest BCUT2D eigenvalue weighted by atomic mass is 10.1. The van der Waals surface area contributed by atoms with E-state index < -0.39 is 16.0 Å². The number of nitrogens with zero attached hydrogens (tertiary/aromatic N) is 1. The van der Waals surface area contributed by atoms with Gasteiger partial charge in [-0.05, 0) is 61.5 Å². The maximum absolute atomic E-state index is 12.8. The van der Waals surface area contributed by atoms with Crippen molar-refractivity contribution in [2.45, 2.75) is 11.8 Å². The van der Waals surface area contributed by atoms with E-state index in [0.717, 1.165) is 11.6 Å². The fourth-order valence-electron chi connectivity index (χ4n) is 2.67. The minimum Gasteiger partial charge on any atom is -0.377 e. The lowest BCUT2D eigenvalue weighted by Gasteiger charge is -2.12. The van der Waals surface area contributed by atoms with Gasteiger partial charge in [-0.15, -0.1) is 0 Å². The number of halogens is 3. The van der Waals surface area contributed by atoms with Crippen LogP contribution in [0.5, 0.6) is 5.75 Å². The largest absolute Gasteiger partial charge is 0.377 e. The van der Waals surface area contributed by atoms with Gasteiger partial charge in [-0.3, -0.25) is 4.79 Å². The fraction of sp³-hybridized carbons (Fsp3) is 0.0435. The molecule has 6 nitrogen and oxygen atoms in total. The molecule has 0 heterocycles. The summed E-state index contributed by atoms with van der Waals surface area (Å²) in [5, 5.41) is 12.6. The first-order chi connectivity index (χ1) is 15.6. The Morgan fingerprint density at radius 1 is 1.00 bits per heavy atom. The Kier molecular flexibility index (Phi) is 7.67. The zero-order valence-electron chi connectivity index (χ0n) is 17.0. The van der Waals surface area contributed by atoms with Crippen LogP contribution in [-0.4, -0.2) is 14.3 Å². The van der Waals surface area contributed by atoms with Crippen LogP contribution in [0.25, 0.3) is 6.08 Å². The number of amides is 1. The minimum atomic E-state index is -4.26. The first kappa shape index (κ1) is 24.6. The second-order valence-electron chi connectivity index (χ2n) is 6.79. The molecule has 0 fully saturated rings. The maximum Gasteiger partial charge on any atom is 0.339 e. The van der Waals surface area contributed by atoms with Crippen LogP contribution in [0, 0.1) is 18.3 Å². The van der Waals surface area contributed by atoms with Gasteiger partial charge in [0, 0.05) is 21.3 Å². The minimum absolute atomic E-state index is 0.0333. The van der Waals surface area contributed by atoms with E-state index in [1.807, 2.05) is 6.92 Å². The molecule has 0 bridgehead atoms. The third-order valence-electron chi connectivity index (χ3n) is 4.31. The number of rotatable bonds is 6. The van der Waals surface area contributed by atoms with Crippen LogP contribution < -0.4 is 9.50 Å². The topological polar surface area (TPSA) is 96.3 Å². The van der Waals surface area contributed by atoms with E-state index >= 15 is 0 Å². The number of hydrogen-bond donors (Lipinski definition) is 1. The highest BCUT2D eigenvalue weighted by Crippen LogP contribution is 2.36. The van der Waals surface area contributed by atoms with E-state index in [4.69, 9.17) is 39.0 Å². The van der Waals surface area contributed by atoms with Crippen LogP contribution in [0.4, 0.5) is 5.69 Å². The first-order valence-corrected chi connectivity index (χ1v) is 11.8. The molecule has 0 spiro atoms. The van der Waals surface area contributed by atoms with Gasteiger partial charge in [0.1, 0.15) is 16.5 Å². The Bertz CT molecular complexity index is 1380. The van der Waals surface area contributed by atoms with Crippen molar-refractivity contribution in [3.63, 3.8) is 0 Å². The quantitative estimate of drug-likeness (QED) is 0.234. The molecule has 0 aliphatic carbocycles. The summed E-state index contributed by atoms with van der Waals surface area (Å²) in [7, 11) is -4.26. The lowest BCUT2D eigenvalue weighted by Crippen LogP contribution is -2.14. The first-order valence-electron chi connectivity index (χ1n) is 9.28. The summed E-state index contributed by atoms with van der Waals surface area (Å²) in [6, 6.07) is 16.7. The summed E-state index contributed by atoms with van der Waals surface area (Å²) in [6.45, 7) is 1.81. The van der Waals surface area contributed by atoms with Gasteiger partial charge in [0.15, 0.2) is 5.75 Å². The highest BCUT2D eigenvalue weighted by molar-refractivity contribution is 7.87. The van der Waals surface area contributed by atoms with Crippen LogP contribution in [0.1, 0.15) is 11.1 Å². The summed E-state index contributed by atoms with van der Waals surface area (Å²) in [5.41, 5.74) is 0.979.